The number of hydrogen-bond donors (Lipinski definition) is 1. The second-order valence-corrected chi connectivity index (χ2v) is 5.69. The molecule has 1 heterocycles. The van der Waals surface area contributed by atoms with Crippen molar-refractivity contribution in [3.8, 4) is 0 Å². The van der Waals surface area contributed by atoms with Gasteiger partial charge in [-0.3, -0.25) is 4.79 Å². The molecule has 2 fully saturated rings. The first kappa shape index (κ1) is 14.8. The molecule has 1 saturated carbocycles. The van der Waals surface area contributed by atoms with Gasteiger partial charge in [0.25, 0.3) is 0 Å². The van der Waals surface area contributed by atoms with Gasteiger partial charge < -0.3 is 10.6 Å². The monoisotopic (exact) mass is 260 g/mol. The molecule has 3 nitrogen and oxygen atoms in total. The molecule has 0 aromatic carbocycles. The van der Waals surface area contributed by atoms with Crippen LogP contribution in [0.3, 0.4) is 0 Å². The van der Waals surface area contributed by atoms with Crippen LogP contribution in [-0.4, -0.2) is 29.4 Å². The highest BCUT2D eigenvalue weighted by molar-refractivity contribution is 5.86. The number of carbonyl (C=O) groups excluding carboxylic acids is 1. The molecule has 1 saturated heterocycles. The van der Waals surface area contributed by atoms with Gasteiger partial charge in [0.1, 0.15) is 0 Å². The van der Waals surface area contributed by atoms with Gasteiger partial charge in [-0.15, -0.1) is 12.4 Å². The fourth-order valence-electron chi connectivity index (χ4n) is 2.92. The highest BCUT2D eigenvalue weighted by atomic mass is 35.5. The van der Waals surface area contributed by atoms with Gasteiger partial charge in [-0.2, -0.15) is 0 Å². The van der Waals surface area contributed by atoms with E-state index in [1.807, 2.05) is 4.90 Å². The van der Waals surface area contributed by atoms with E-state index in [1.165, 1.54) is 6.42 Å². The van der Waals surface area contributed by atoms with Crippen molar-refractivity contribution in [3.63, 3.8) is 0 Å². The Bertz CT molecular complexity index is 256. The zero-order chi connectivity index (χ0) is 11.6. The van der Waals surface area contributed by atoms with Crippen molar-refractivity contribution in [2.75, 3.05) is 13.1 Å². The summed E-state index contributed by atoms with van der Waals surface area (Å²) < 4.78 is 0. The molecule has 1 amide bonds. The smallest absolute Gasteiger partial charge is 0.242 e. The van der Waals surface area contributed by atoms with Crippen LogP contribution >= 0.6 is 12.4 Å². The number of piperidine rings is 1. The fraction of sp³-hybridized carbons (Fsp3) is 0.923. The molecule has 2 N–H and O–H groups in total. The van der Waals surface area contributed by atoms with Crippen molar-refractivity contribution in [2.24, 2.45) is 11.7 Å². The van der Waals surface area contributed by atoms with Gasteiger partial charge in [0.05, 0.1) is 5.54 Å². The summed E-state index contributed by atoms with van der Waals surface area (Å²) in [5.74, 6) is 0.989. The Morgan fingerprint density at radius 1 is 1.18 bits per heavy atom. The van der Waals surface area contributed by atoms with E-state index in [4.69, 9.17) is 5.73 Å². The molecule has 0 atom stereocenters. The van der Waals surface area contributed by atoms with Gasteiger partial charge in [0, 0.05) is 13.1 Å². The molecule has 0 bridgehead atoms. The van der Waals surface area contributed by atoms with E-state index in [9.17, 15) is 4.79 Å². The summed E-state index contributed by atoms with van der Waals surface area (Å²) in [6, 6.07) is 0. The van der Waals surface area contributed by atoms with Crippen LogP contribution in [0, 0.1) is 5.92 Å². The number of likely N-dealkylation sites (tertiary alicyclic amines) is 1. The van der Waals surface area contributed by atoms with Gasteiger partial charge in [-0.1, -0.05) is 26.2 Å². The largest absolute Gasteiger partial charge is 0.341 e. The standard InChI is InChI=1S/C13H24N2O.ClH/c1-11-5-9-15(10-6-11)12(16)13(14)7-3-2-4-8-13;/h11H,2-10,14H2,1H3;1H. The van der Waals surface area contributed by atoms with Crippen molar-refractivity contribution in [2.45, 2.75) is 57.4 Å². The minimum absolute atomic E-state index is 0. The maximum absolute atomic E-state index is 12.4. The van der Waals surface area contributed by atoms with E-state index >= 15 is 0 Å². The minimum atomic E-state index is -0.529. The topological polar surface area (TPSA) is 46.3 Å². The molecule has 0 radical (unpaired) electrons. The first-order chi connectivity index (χ1) is 7.62. The zero-order valence-corrected chi connectivity index (χ0v) is 11.6. The van der Waals surface area contributed by atoms with Crippen molar-refractivity contribution in [1.82, 2.24) is 4.90 Å². The number of hydrogen-bond acceptors (Lipinski definition) is 2. The predicted octanol–water partition coefficient (Wildman–Crippen LogP) is 2.33. The second-order valence-electron chi connectivity index (χ2n) is 5.69. The maximum atomic E-state index is 12.4. The van der Waals surface area contributed by atoms with Crippen LogP contribution in [0.5, 0.6) is 0 Å². The number of carbonyl (C=O) groups is 1. The minimum Gasteiger partial charge on any atom is -0.341 e. The lowest BCUT2D eigenvalue weighted by Gasteiger charge is -2.39. The van der Waals surface area contributed by atoms with E-state index in [-0.39, 0.29) is 18.3 Å². The number of amides is 1. The lowest BCUT2D eigenvalue weighted by molar-refractivity contribution is -0.139. The van der Waals surface area contributed by atoms with Crippen molar-refractivity contribution in [3.05, 3.63) is 0 Å². The van der Waals surface area contributed by atoms with Crippen molar-refractivity contribution < 1.29 is 4.79 Å². The fourth-order valence-corrected chi connectivity index (χ4v) is 2.92. The van der Waals surface area contributed by atoms with Crippen LogP contribution in [0.4, 0.5) is 0 Å². The quantitative estimate of drug-likeness (QED) is 0.787. The molecule has 17 heavy (non-hydrogen) atoms. The Hall–Kier alpha value is -0.280. The van der Waals surface area contributed by atoms with Crippen LogP contribution in [0.2, 0.25) is 0 Å². The zero-order valence-electron chi connectivity index (χ0n) is 10.8. The van der Waals surface area contributed by atoms with Crippen LogP contribution < -0.4 is 5.73 Å². The summed E-state index contributed by atoms with van der Waals surface area (Å²) in [6.45, 7) is 4.10. The summed E-state index contributed by atoms with van der Waals surface area (Å²) in [5.41, 5.74) is 5.75. The summed E-state index contributed by atoms with van der Waals surface area (Å²) >= 11 is 0. The Balaban J connectivity index is 0.00000144. The average molecular weight is 261 g/mol. The third kappa shape index (κ3) is 3.35. The molecule has 4 heteroatoms. The summed E-state index contributed by atoms with van der Waals surface area (Å²) in [5, 5.41) is 0. The first-order valence-electron chi connectivity index (χ1n) is 6.70. The molecular weight excluding hydrogens is 236 g/mol. The number of nitrogens with two attached hydrogens (primary N) is 1. The molecule has 0 aromatic heterocycles. The molecule has 0 spiro atoms. The van der Waals surface area contributed by atoms with E-state index < -0.39 is 5.54 Å². The predicted molar refractivity (Wildman–Crippen MR) is 72.2 cm³/mol. The van der Waals surface area contributed by atoms with Gasteiger partial charge in [0.15, 0.2) is 0 Å². The summed E-state index contributed by atoms with van der Waals surface area (Å²) in [6.07, 6.45) is 7.53. The third-order valence-corrected chi connectivity index (χ3v) is 4.24. The number of halogens is 1. The molecule has 2 aliphatic rings. The van der Waals surface area contributed by atoms with Crippen LogP contribution in [0.25, 0.3) is 0 Å². The maximum Gasteiger partial charge on any atom is 0.242 e. The van der Waals surface area contributed by atoms with E-state index in [2.05, 4.69) is 6.92 Å². The molecule has 0 unspecified atom stereocenters. The first-order valence-corrected chi connectivity index (χ1v) is 6.70. The Labute approximate surface area is 111 Å². The molecule has 1 aliphatic carbocycles. The molecule has 2 rings (SSSR count). The Morgan fingerprint density at radius 2 is 1.71 bits per heavy atom. The highest BCUT2D eigenvalue weighted by Crippen LogP contribution is 2.29. The third-order valence-electron chi connectivity index (χ3n) is 4.24. The van der Waals surface area contributed by atoms with Crippen LogP contribution in [0.15, 0.2) is 0 Å². The average Bonchev–Trinajstić information content (AvgIpc) is 2.30. The van der Waals surface area contributed by atoms with Gasteiger partial charge in [-0.05, 0) is 31.6 Å². The van der Waals surface area contributed by atoms with E-state index in [0.29, 0.717) is 0 Å². The lowest BCUT2D eigenvalue weighted by Crippen LogP contribution is -2.57. The highest BCUT2D eigenvalue weighted by Gasteiger charge is 2.38. The summed E-state index contributed by atoms with van der Waals surface area (Å²) in [4.78, 5) is 14.4. The van der Waals surface area contributed by atoms with Crippen LogP contribution in [-0.2, 0) is 4.79 Å². The Morgan fingerprint density at radius 3 is 2.24 bits per heavy atom. The second kappa shape index (κ2) is 6.05. The van der Waals surface area contributed by atoms with Crippen LogP contribution in [0.1, 0.15) is 51.9 Å². The lowest BCUT2D eigenvalue weighted by atomic mass is 9.81. The SMILES string of the molecule is CC1CCN(C(=O)C2(N)CCCCC2)CC1.Cl. The van der Waals surface area contributed by atoms with E-state index in [0.717, 1.165) is 57.5 Å². The normalized spacial score (nSPS) is 25.2. The number of nitrogens with zero attached hydrogens (tertiary/aromatic N) is 1. The Kier molecular flexibility index (Phi) is 5.26. The van der Waals surface area contributed by atoms with E-state index in [1.54, 1.807) is 0 Å². The number of rotatable bonds is 1. The van der Waals surface area contributed by atoms with Crippen molar-refractivity contribution in [1.29, 1.82) is 0 Å². The summed E-state index contributed by atoms with van der Waals surface area (Å²) in [7, 11) is 0. The molecule has 1 aliphatic heterocycles. The van der Waals surface area contributed by atoms with Crippen molar-refractivity contribution >= 4 is 18.3 Å². The van der Waals surface area contributed by atoms with Gasteiger partial charge in [-0.25, -0.2) is 0 Å². The molecular formula is C13H25ClN2O. The van der Waals surface area contributed by atoms with Gasteiger partial charge in [0.2, 0.25) is 5.91 Å². The van der Waals surface area contributed by atoms with Gasteiger partial charge >= 0.3 is 0 Å². The molecule has 0 aromatic rings. The molecule has 100 valence electrons.